The fourth-order valence-electron chi connectivity index (χ4n) is 9.17. The van der Waals surface area contributed by atoms with Crippen molar-refractivity contribution in [3.63, 3.8) is 0 Å². The van der Waals surface area contributed by atoms with Gasteiger partial charge in [0.2, 0.25) is 0 Å². The van der Waals surface area contributed by atoms with Crippen LogP contribution < -0.4 is 0 Å². The summed E-state index contributed by atoms with van der Waals surface area (Å²) in [6, 6.07) is 75.6. The molecule has 0 atom stereocenters. The highest BCUT2D eigenvalue weighted by Gasteiger charge is 2.20. The first-order valence-corrected chi connectivity index (χ1v) is 20.3. The third-order valence-corrected chi connectivity index (χ3v) is 12.9. The summed E-state index contributed by atoms with van der Waals surface area (Å²) >= 11 is 1.88. The minimum atomic E-state index is 1.16. The van der Waals surface area contributed by atoms with Gasteiger partial charge in [0.15, 0.2) is 0 Å². The highest BCUT2D eigenvalue weighted by Crippen LogP contribution is 2.45. The molecule has 0 aliphatic carbocycles. The topological polar surface area (TPSA) is 9.86 Å². The molecule has 9 aromatic carbocycles. The number of nitrogens with zero attached hydrogens (tertiary/aromatic N) is 2. The minimum Gasteiger partial charge on any atom is -0.309 e. The average Bonchev–Trinajstić information content (AvgIpc) is 3.94. The van der Waals surface area contributed by atoms with Crippen LogP contribution in [0, 0.1) is 0 Å². The quantitative estimate of drug-likeness (QED) is 0.166. The molecule has 57 heavy (non-hydrogen) atoms. The smallest absolute Gasteiger partial charge is 0.0555 e. The fraction of sp³-hybridized carbons (Fsp3) is 0. The molecule has 0 saturated heterocycles. The van der Waals surface area contributed by atoms with Crippen LogP contribution in [0.3, 0.4) is 0 Å². The predicted octanol–water partition coefficient (Wildman–Crippen LogP) is 15.2. The molecule has 0 amide bonds. The van der Waals surface area contributed by atoms with Crippen molar-refractivity contribution >= 4 is 75.1 Å². The van der Waals surface area contributed by atoms with Crippen LogP contribution >= 0.6 is 11.3 Å². The normalized spacial score (nSPS) is 11.9. The molecule has 0 bridgehead atoms. The Hall–Kier alpha value is -7.20. The molecular weight excluding hydrogens is 709 g/mol. The summed E-state index contributed by atoms with van der Waals surface area (Å²) in [6.07, 6.45) is 0. The average molecular weight is 743 g/mol. The number of thiophene rings is 1. The van der Waals surface area contributed by atoms with E-state index >= 15 is 0 Å². The molecule has 0 saturated carbocycles. The van der Waals surface area contributed by atoms with Crippen molar-refractivity contribution in [2.24, 2.45) is 0 Å². The highest BCUT2D eigenvalue weighted by atomic mass is 32.1. The molecule has 3 heteroatoms. The number of hydrogen-bond acceptors (Lipinski definition) is 1. The van der Waals surface area contributed by atoms with E-state index in [-0.39, 0.29) is 0 Å². The molecule has 266 valence electrons. The number of rotatable bonds is 5. The van der Waals surface area contributed by atoms with Crippen LogP contribution in [-0.4, -0.2) is 9.13 Å². The van der Waals surface area contributed by atoms with Crippen molar-refractivity contribution in [3.05, 3.63) is 206 Å². The third kappa shape index (κ3) is 4.96. The predicted molar refractivity (Wildman–Crippen MR) is 244 cm³/mol. The summed E-state index contributed by atoms with van der Waals surface area (Å²) in [5, 5.41) is 7.64. The van der Waals surface area contributed by atoms with E-state index in [9.17, 15) is 0 Å². The van der Waals surface area contributed by atoms with Crippen molar-refractivity contribution < 1.29 is 0 Å². The minimum absolute atomic E-state index is 1.16. The van der Waals surface area contributed by atoms with E-state index in [4.69, 9.17) is 0 Å². The van der Waals surface area contributed by atoms with Gasteiger partial charge in [-0.05, 0) is 100 Å². The standard InChI is InChI=1S/C54H34N2S/c1-3-13-35(14-4-1)36-25-29-40(30-26-36)55-46-20-9-7-17-42(46)44-33-38(27-31-48(44)55)39-28-32-49-45(34-39)43-18-8-10-21-47(43)56(49)50-22-12-24-52-54(50)53-41(19-11-23-51(53)57-52)37-15-5-2-6-16-37/h1-34H. The van der Waals surface area contributed by atoms with Crippen molar-refractivity contribution in [2.75, 3.05) is 0 Å². The van der Waals surface area contributed by atoms with Crippen LogP contribution in [0.4, 0.5) is 0 Å². The Bertz CT molecular complexity index is 3490. The van der Waals surface area contributed by atoms with Crippen LogP contribution in [0.1, 0.15) is 0 Å². The zero-order valence-corrected chi connectivity index (χ0v) is 31.7. The fourth-order valence-corrected chi connectivity index (χ4v) is 10.3. The van der Waals surface area contributed by atoms with Gasteiger partial charge in [-0.15, -0.1) is 11.3 Å². The first kappa shape index (κ1) is 32.1. The van der Waals surface area contributed by atoms with E-state index in [1.54, 1.807) is 0 Å². The van der Waals surface area contributed by atoms with Gasteiger partial charge in [-0.3, -0.25) is 0 Å². The molecule has 2 nitrogen and oxygen atoms in total. The molecule has 0 N–H and O–H groups in total. The van der Waals surface area contributed by atoms with Gasteiger partial charge in [-0.2, -0.15) is 0 Å². The molecule has 3 aromatic heterocycles. The van der Waals surface area contributed by atoms with Gasteiger partial charge in [0.25, 0.3) is 0 Å². The summed E-state index contributed by atoms with van der Waals surface area (Å²) in [5.74, 6) is 0. The lowest BCUT2D eigenvalue weighted by atomic mass is 9.99. The van der Waals surface area contributed by atoms with Gasteiger partial charge in [-0.25, -0.2) is 0 Å². The summed E-state index contributed by atoms with van der Waals surface area (Å²) < 4.78 is 7.50. The molecule has 12 aromatic rings. The van der Waals surface area contributed by atoms with Crippen LogP contribution in [0.15, 0.2) is 206 Å². The summed E-state index contributed by atoms with van der Waals surface area (Å²) in [7, 11) is 0. The van der Waals surface area contributed by atoms with Gasteiger partial charge >= 0.3 is 0 Å². The zero-order chi connectivity index (χ0) is 37.5. The van der Waals surface area contributed by atoms with E-state index in [0.29, 0.717) is 0 Å². The first-order chi connectivity index (χ1) is 28.3. The number of para-hydroxylation sites is 2. The van der Waals surface area contributed by atoms with E-state index < -0.39 is 0 Å². The summed E-state index contributed by atoms with van der Waals surface area (Å²) in [6.45, 7) is 0. The molecule has 12 rings (SSSR count). The number of fused-ring (bicyclic) bond motifs is 9. The molecule has 0 aliphatic heterocycles. The molecule has 0 unspecified atom stereocenters. The van der Waals surface area contributed by atoms with Crippen molar-refractivity contribution in [3.8, 4) is 44.8 Å². The second kappa shape index (κ2) is 12.7. The maximum absolute atomic E-state index is 2.49. The lowest BCUT2D eigenvalue weighted by molar-refractivity contribution is 1.18. The molecule has 0 fully saturated rings. The van der Waals surface area contributed by atoms with E-state index in [1.165, 1.54) is 103 Å². The largest absolute Gasteiger partial charge is 0.309 e. The third-order valence-electron chi connectivity index (χ3n) is 11.7. The zero-order valence-electron chi connectivity index (χ0n) is 30.9. The molecule has 0 radical (unpaired) electrons. The second-order valence-electron chi connectivity index (χ2n) is 14.9. The number of hydrogen-bond donors (Lipinski definition) is 0. The van der Waals surface area contributed by atoms with Gasteiger partial charge in [-0.1, -0.05) is 140 Å². The van der Waals surface area contributed by atoms with Gasteiger partial charge in [0, 0.05) is 47.4 Å². The number of aromatic nitrogens is 2. The number of benzene rings is 9. The molecule has 3 heterocycles. The van der Waals surface area contributed by atoms with Crippen molar-refractivity contribution in [2.45, 2.75) is 0 Å². The van der Waals surface area contributed by atoms with Crippen LogP contribution in [-0.2, 0) is 0 Å². The Balaban J connectivity index is 1.03. The van der Waals surface area contributed by atoms with E-state index in [1.807, 2.05) is 11.3 Å². The van der Waals surface area contributed by atoms with Gasteiger partial charge in [0.05, 0.1) is 27.8 Å². The maximum atomic E-state index is 2.49. The van der Waals surface area contributed by atoms with Crippen LogP contribution in [0.25, 0.3) is 109 Å². The molecule has 0 aliphatic rings. The molecular formula is C54H34N2S. The van der Waals surface area contributed by atoms with Crippen LogP contribution in [0.2, 0.25) is 0 Å². The Kier molecular flexibility index (Phi) is 7.13. The van der Waals surface area contributed by atoms with Crippen molar-refractivity contribution in [1.82, 2.24) is 9.13 Å². The van der Waals surface area contributed by atoms with Crippen molar-refractivity contribution in [1.29, 1.82) is 0 Å². The highest BCUT2D eigenvalue weighted by molar-refractivity contribution is 7.26. The van der Waals surface area contributed by atoms with E-state index in [2.05, 4.69) is 215 Å². The Morgan fingerprint density at radius 2 is 0.789 bits per heavy atom. The van der Waals surface area contributed by atoms with E-state index in [0.717, 1.165) is 5.69 Å². The lowest BCUT2D eigenvalue weighted by Crippen LogP contribution is -1.95. The monoisotopic (exact) mass is 742 g/mol. The lowest BCUT2D eigenvalue weighted by Gasteiger charge is -2.12. The van der Waals surface area contributed by atoms with Crippen LogP contribution in [0.5, 0.6) is 0 Å². The SMILES string of the molecule is c1ccc(-c2ccc(-n3c4ccccc4c4cc(-c5ccc6c(c5)c5ccccc5n6-c5cccc6sc7cccc(-c8ccccc8)c7c56)ccc43)cc2)cc1. The second-order valence-corrected chi connectivity index (χ2v) is 16.0. The molecule has 0 spiro atoms. The first-order valence-electron chi connectivity index (χ1n) is 19.5. The summed E-state index contributed by atoms with van der Waals surface area (Å²) in [4.78, 5) is 0. The Labute approximate surface area is 333 Å². The maximum Gasteiger partial charge on any atom is 0.0555 e. The Morgan fingerprint density at radius 1 is 0.298 bits per heavy atom. The van der Waals surface area contributed by atoms with Gasteiger partial charge in [0.1, 0.15) is 0 Å². The van der Waals surface area contributed by atoms with Gasteiger partial charge < -0.3 is 9.13 Å². The Morgan fingerprint density at radius 3 is 1.46 bits per heavy atom. The summed E-state index contributed by atoms with van der Waals surface area (Å²) in [5.41, 5.74) is 14.6.